The first-order valence-corrected chi connectivity index (χ1v) is 8.72. The van der Waals surface area contributed by atoms with Crippen molar-refractivity contribution in [2.75, 3.05) is 25.1 Å². The van der Waals surface area contributed by atoms with Crippen LogP contribution in [0.25, 0.3) is 0 Å². The maximum Gasteiger partial charge on any atom is 0.251 e. The van der Waals surface area contributed by atoms with Gasteiger partial charge in [-0.2, -0.15) is 0 Å². The molecule has 3 rings (SSSR count). The van der Waals surface area contributed by atoms with Crippen LogP contribution in [0, 0.1) is 5.41 Å². The second-order valence-electron chi connectivity index (χ2n) is 6.65. The van der Waals surface area contributed by atoms with Crippen molar-refractivity contribution in [3.8, 4) is 0 Å². The third-order valence-electron chi connectivity index (χ3n) is 5.12. The molecule has 0 unspecified atom stereocenters. The van der Waals surface area contributed by atoms with Gasteiger partial charge in [0.05, 0.1) is 13.2 Å². The molecule has 25 heavy (non-hydrogen) atoms. The van der Waals surface area contributed by atoms with Crippen molar-refractivity contribution in [3.63, 3.8) is 0 Å². The Morgan fingerprint density at radius 2 is 2.16 bits per heavy atom. The van der Waals surface area contributed by atoms with Crippen molar-refractivity contribution in [2.45, 2.75) is 25.7 Å². The number of ether oxygens (including phenoxy) is 1. The smallest absolute Gasteiger partial charge is 0.251 e. The summed E-state index contributed by atoms with van der Waals surface area (Å²) < 4.78 is 5.41. The predicted molar refractivity (Wildman–Crippen MR) is 97.4 cm³/mol. The number of carbonyl (C=O) groups is 2. The highest BCUT2D eigenvalue weighted by Gasteiger charge is 2.40. The van der Waals surface area contributed by atoms with Gasteiger partial charge in [-0.1, -0.05) is 30.7 Å². The Bertz CT molecular complexity index is 705. The first kappa shape index (κ1) is 17.4. The SMILES string of the molecule is C=CC(=O)Nc1cccc(C(=O)NCC2(C3=CCOCC3)CCC2)c1. The summed E-state index contributed by atoms with van der Waals surface area (Å²) in [6.45, 7) is 5.53. The molecule has 132 valence electrons. The molecule has 2 N–H and O–H groups in total. The van der Waals surface area contributed by atoms with E-state index < -0.39 is 0 Å². The lowest BCUT2D eigenvalue weighted by atomic mass is 9.63. The highest BCUT2D eigenvalue weighted by atomic mass is 16.5. The molecule has 0 atom stereocenters. The van der Waals surface area contributed by atoms with Crippen LogP contribution >= 0.6 is 0 Å². The first-order valence-electron chi connectivity index (χ1n) is 8.72. The molecule has 1 aliphatic heterocycles. The van der Waals surface area contributed by atoms with Crippen molar-refractivity contribution >= 4 is 17.5 Å². The summed E-state index contributed by atoms with van der Waals surface area (Å²) in [7, 11) is 0. The molecular formula is C20H24N2O3. The van der Waals surface area contributed by atoms with Crippen molar-refractivity contribution < 1.29 is 14.3 Å². The minimum absolute atomic E-state index is 0.105. The Balaban J connectivity index is 1.64. The summed E-state index contributed by atoms with van der Waals surface area (Å²) in [5.74, 6) is -0.411. The van der Waals surface area contributed by atoms with Gasteiger partial charge in [-0.15, -0.1) is 0 Å². The van der Waals surface area contributed by atoms with E-state index in [9.17, 15) is 9.59 Å². The van der Waals surface area contributed by atoms with E-state index in [0.29, 0.717) is 24.4 Å². The van der Waals surface area contributed by atoms with Gasteiger partial charge in [0, 0.05) is 23.2 Å². The molecule has 2 aliphatic rings. The van der Waals surface area contributed by atoms with E-state index in [-0.39, 0.29) is 17.2 Å². The zero-order valence-corrected chi connectivity index (χ0v) is 14.3. The normalized spacial score (nSPS) is 18.5. The number of hydrogen-bond acceptors (Lipinski definition) is 3. The molecule has 1 aromatic carbocycles. The zero-order valence-electron chi connectivity index (χ0n) is 14.3. The fourth-order valence-corrected chi connectivity index (χ4v) is 3.51. The molecule has 1 aliphatic carbocycles. The lowest BCUT2D eigenvalue weighted by Crippen LogP contribution is -2.44. The van der Waals surface area contributed by atoms with Crippen LogP contribution in [0.3, 0.4) is 0 Å². The molecule has 5 nitrogen and oxygen atoms in total. The molecule has 1 aromatic rings. The van der Waals surface area contributed by atoms with Crippen LogP contribution in [0.15, 0.2) is 48.6 Å². The maximum atomic E-state index is 12.5. The molecule has 1 heterocycles. The highest BCUT2D eigenvalue weighted by Crippen LogP contribution is 2.48. The van der Waals surface area contributed by atoms with Crippen LogP contribution in [0.5, 0.6) is 0 Å². The van der Waals surface area contributed by atoms with E-state index in [0.717, 1.165) is 25.9 Å². The number of hydrogen-bond donors (Lipinski definition) is 2. The summed E-state index contributed by atoms with van der Waals surface area (Å²) in [6, 6.07) is 6.93. The number of benzene rings is 1. The Hall–Kier alpha value is -2.40. The summed E-state index contributed by atoms with van der Waals surface area (Å²) >= 11 is 0. The van der Waals surface area contributed by atoms with Gasteiger partial charge < -0.3 is 15.4 Å². The fraction of sp³-hybridized carbons (Fsp3) is 0.400. The number of nitrogens with one attached hydrogen (secondary N) is 2. The number of anilines is 1. The second kappa shape index (κ2) is 7.66. The summed E-state index contributed by atoms with van der Waals surface area (Å²) in [6.07, 6.45) is 7.79. The number of carbonyl (C=O) groups excluding carboxylic acids is 2. The van der Waals surface area contributed by atoms with Crippen LogP contribution in [-0.2, 0) is 9.53 Å². The van der Waals surface area contributed by atoms with Crippen LogP contribution in [-0.4, -0.2) is 31.6 Å². The van der Waals surface area contributed by atoms with Gasteiger partial charge in [-0.3, -0.25) is 9.59 Å². The Morgan fingerprint density at radius 3 is 2.80 bits per heavy atom. The Kier molecular flexibility index (Phi) is 5.34. The van der Waals surface area contributed by atoms with Crippen molar-refractivity contribution in [1.82, 2.24) is 5.32 Å². The van der Waals surface area contributed by atoms with Gasteiger partial charge in [0.2, 0.25) is 5.91 Å². The molecular weight excluding hydrogens is 316 g/mol. The monoisotopic (exact) mass is 340 g/mol. The summed E-state index contributed by atoms with van der Waals surface area (Å²) in [5.41, 5.74) is 2.66. The fourth-order valence-electron chi connectivity index (χ4n) is 3.51. The van der Waals surface area contributed by atoms with Crippen molar-refractivity contribution in [1.29, 1.82) is 0 Å². The first-order chi connectivity index (χ1) is 12.1. The van der Waals surface area contributed by atoms with Gasteiger partial charge in [-0.25, -0.2) is 0 Å². The van der Waals surface area contributed by atoms with Crippen LogP contribution in [0.1, 0.15) is 36.0 Å². The number of rotatable bonds is 6. The van der Waals surface area contributed by atoms with Gasteiger partial charge in [-0.05, 0) is 43.5 Å². The molecule has 5 heteroatoms. The third-order valence-corrected chi connectivity index (χ3v) is 5.12. The average Bonchev–Trinajstić information content (AvgIpc) is 2.61. The van der Waals surface area contributed by atoms with E-state index in [2.05, 4.69) is 23.3 Å². The highest BCUT2D eigenvalue weighted by molar-refractivity contribution is 6.00. The molecule has 0 spiro atoms. The molecule has 0 bridgehead atoms. The van der Waals surface area contributed by atoms with E-state index in [4.69, 9.17) is 4.74 Å². The topological polar surface area (TPSA) is 67.4 Å². The van der Waals surface area contributed by atoms with Crippen LogP contribution in [0.4, 0.5) is 5.69 Å². The summed E-state index contributed by atoms with van der Waals surface area (Å²) in [4.78, 5) is 23.9. The van der Waals surface area contributed by atoms with Gasteiger partial charge in [0.15, 0.2) is 0 Å². The largest absolute Gasteiger partial charge is 0.377 e. The predicted octanol–water partition coefficient (Wildman–Crippen LogP) is 3.06. The van der Waals surface area contributed by atoms with Gasteiger partial charge >= 0.3 is 0 Å². The number of amides is 2. The molecule has 0 radical (unpaired) electrons. The minimum Gasteiger partial charge on any atom is -0.377 e. The van der Waals surface area contributed by atoms with Crippen LogP contribution < -0.4 is 10.6 Å². The quantitative estimate of drug-likeness (QED) is 0.618. The molecule has 0 saturated heterocycles. The molecule has 1 saturated carbocycles. The van der Waals surface area contributed by atoms with Crippen LogP contribution in [0.2, 0.25) is 0 Å². The lowest BCUT2D eigenvalue weighted by Gasteiger charge is -2.45. The summed E-state index contributed by atoms with van der Waals surface area (Å²) in [5, 5.41) is 5.75. The van der Waals surface area contributed by atoms with E-state index >= 15 is 0 Å². The standard InChI is InChI=1S/C20H24N2O3/c1-2-18(23)22-17-6-3-5-15(13-17)19(24)21-14-20(9-4-10-20)16-7-11-25-12-8-16/h2-3,5-7,13H,1,4,8-12,14H2,(H,21,24)(H,22,23). The molecule has 0 aromatic heterocycles. The van der Waals surface area contributed by atoms with Gasteiger partial charge in [0.25, 0.3) is 5.91 Å². The van der Waals surface area contributed by atoms with Crippen molar-refractivity contribution in [3.05, 3.63) is 54.1 Å². The van der Waals surface area contributed by atoms with Gasteiger partial charge in [0.1, 0.15) is 0 Å². The third kappa shape index (κ3) is 3.99. The Labute approximate surface area is 148 Å². The van der Waals surface area contributed by atoms with Crippen molar-refractivity contribution in [2.24, 2.45) is 5.41 Å². The minimum atomic E-state index is -0.294. The average molecular weight is 340 g/mol. The van der Waals surface area contributed by atoms with E-state index in [1.165, 1.54) is 18.1 Å². The van der Waals surface area contributed by atoms with E-state index in [1.54, 1.807) is 24.3 Å². The molecule has 2 amide bonds. The maximum absolute atomic E-state index is 12.5. The molecule has 1 fully saturated rings. The Morgan fingerprint density at radius 1 is 1.32 bits per heavy atom. The lowest BCUT2D eigenvalue weighted by molar-refractivity contribution is -0.111. The van der Waals surface area contributed by atoms with E-state index in [1.807, 2.05) is 0 Å². The second-order valence-corrected chi connectivity index (χ2v) is 6.65. The zero-order chi connectivity index (χ0) is 17.7.